The lowest BCUT2D eigenvalue weighted by atomic mass is 10.0. The average molecular weight is 115 g/mol. The van der Waals surface area contributed by atoms with Crippen molar-refractivity contribution < 1.29 is 9.90 Å². The van der Waals surface area contributed by atoms with Gasteiger partial charge in [-0.05, 0) is 13.0 Å². The van der Waals surface area contributed by atoms with Gasteiger partial charge in [-0.15, -0.1) is 0 Å². The van der Waals surface area contributed by atoms with E-state index >= 15 is 0 Å². The van der Waals surface area contributed by atoms with Crippen LogP contribution in [0.25, 0.3) is 0 Å². The van der Waals surface area contributed by atoms with Crippen LogP contribution in [0.15, 0.2) is 0 Å². The lowest BCUT2D eigenvalue weighted by Gasteiger charge is -2.25. The predicted molar refractivity (Wildman–Crippen MR) is 28.7 cm³/mol. The zero-order valence-corrected chi connectivity index (χ0v) is 4.55. The van der Waals surface area contributed by atoms with Gasteiger partial charge in [0.15, 0.2) is 0 Å². The third-order valence-electron chi connectivity index (χ3n) is 1.35. The molecule has 0 radical (unpaired) electrons. The minimum Gasteiger partial charge on any atom is -0.481 e. The largest absolute Gasteiger partial charge is 0.481 e. The molecule has 1 heterocycles. The fourth-order valence-electron chi connectivity index (χ4n) is 0.733. The van der Waals surface area contributed by atoms with Crippen molar-refractivity contribution in [2.75, 3.05) is 6.54 Å². The van der Waals surface area contributed by atoms with E-state index in [0.29, 0.717) is 0 Å². The van der Waals surface area contributed by atoms with Gasteiger partial charge in [0.05, 0.1) is 6.42 Å². The van der Waals surface area contributed by atoms with Gasteiger partial charge in [-0.1, -0.05) is 0 Å². The van der Waals surface area contributed by atoms with Gasteiger partial charge >= 0.3 is 5.97 Å². The average Bonchev–Trinajstić information content (AvgIpc) is 1.55. The summed E-state index contributed by atoms with van der Waals surface area (Å²) < 4.78 is 0. The maximum absolute atomic E-state index is 9.96. The highest BCUT2D eigenvalue weighted by Gasteiger charge is 2.18. The first kappa shape index (κ1) is 5.56. The number of hydrogen-bond donors (Lipinski definition) is 2. The molecule has 1 fully saturated rings. The Morgan fingerprint density at radius 2 is 2.50 bits per heavy atom. The van der Waals surface area contributed by atoms with Crippen molar-refractivity contribution in [3.05, 3.63) is 0 Å². The van der Waals surface area contributed by atoms with E-state index in [1.165, 1.54) is 0 Å². The second kappa shape index (κ2) is 2.13. The molecule has 3 heteroatoms. The van der Waals surface area contributed by atoms with Crippen LogP contribution in [-0.2, 0) is 4.79 Å². The summed E-state index contributed by atoms with van der Waals surface area (Å²) in [7, 11) is 0. The van der Waals surface area contributed by atoms with Gasteiger partial charge < -0.3 is 10.4 Å². The third-order valence-corrected chi connectivity index (χ3v) is 1.35. The number of aliphatic carboxylic acids is 1. The van der Waals surface area contributed by atoms with Crippen LogP contribution in [0.2, 0.25) is 0 Å². The fourth-order valence-corrected chi connectivity index (χ4v) is 0.733. The van der Waals surface area contributed by atoms with Crippen molar-refractivity contribution in [3.8, 4) is 0 Å². The van der Waals surface area contributed by atoms with Crippen molar-refractivity contribution in [2.45, 2.75) is 18.9 Å². The number of nitrogens with one attached hydrogen (secondary N) is 1. The summed E-state index contributed by atoms with van der Waals surface area (Å²) >= 11 is 0. The summed E-state index contributed by atoms with van der Waals surface area (Å²) in [6.07, 6.45) is 1.30. The van der Waals surface area contributed by atoms with Gasteiger partial charge in [0.1, 0.15) is 0 Å². The van der Waals surface area contributed by atoms with Crippen LogP contribution >= 0.6 is 0 Å². The van der Waals surface area contributed by atoms with Crippen LogP contribution in [0, 0.1) is 0 Å². The van der Waals surface area contributed by atoms with E-state index in [4.69, 9.17) is 5.11 Å². The zero-order chi connectivity index (χ0) is 5.98. The number of hydrogen-bond acceptors (Lipinski definition) is 2. The normalized spacial score (nSPS) is 26.8. The highest BCUT2D eigenvalue weighted by Crippen LogP contribution is 2.05. The lowest BCUT2D eigenvalue weighted by molar-refractivity contribution is -0.138. The first-order valence-electron chi connectivity index (χ1n) is 2.74. The SMILES string of the molecule is O=C(O)C[C@@H]1CCN1. The molecule has 0 aromatic heterocycles. The standard InChI is InChI=1S/C5H9NO2/c7-5(8)3-4-1-2-6-4/h4,6H,1-3H2,(H,7,8)/t4-/m0/s1. The molecular weight excluding hydrogens is 106 g/mol. The molecule has 1 saturated heterocycles. The second-order valence-electron chi connectivity index (χ2n) is 2.04. The Morgan fingerprint density at radius 3 is 2.62 bits per heavy atom. The smallest absolute Gasteiger partial charge is 0.304 e. The molecular formula is C5H9NO2. The van der Waals surface area contributed by atoms with Crippen LogP contribution < -0.4 is 5.32 Å². The summed E-state index contributed by atoms with van der Waals surface area (Å²) in [4.78, 5) is 9.96. The Labute approximate surface area is 47.7 Å². The number of carbonyl (C=O) groups is 1. The van der Waals surface area contributed by atoms with E-state index in [1.807, 2.05) is 0 Å². The molecule has 0 saturated carbocycles. The molecule has 1 rings (SSSR count). The molecule has 0 aliphatic carbocycles. The van der Waals surface area contributed by atoms with Gasteiger partial charge in [0.25, 0.3) is 0 Å². The van der Waals surface area contributed by atoms with Crippen molar-refractivity contribution in [3.63, 3.8) is 0 Å². The molecule has 2 N–H and O–H groups in total. The van der Waals surface area contributed by atoms with Gasteiger partial charge in [0.2, 0.25) is 0 Å². The molecule has 1 aliphatic heterocycles. The summed E-state index contributed by atoms with van der Waals surface area (Å²) in [6, 6.07) is 0.257. The number of carboxylic acids is 1. The quantitative estimate of drug-likeness (QED) is 0.525. The molecule has 0 aromatic rings. The number of rotatable bonds is 2. The molecule has 0 unspecified atom stereocenters. The van der Waals surface area contributed by atoms with E-state index in [1.54, 1.807) is 0 Å². The maximum Gasteiger partial charge on any atom is 0.304 e. The van der Waals surface area contributed by atoms with E-state index in [9.17, 15) is 4.79 Å². The summed E-state index contributed by atoms with van der Waals surface area (Å²) in [5.74, 6) is -0.706. The molecule has 0 amide bonds. The van der Waals surface area contributed by atoms with Crippen LogP contribution in [0.1, 0.15) is 12.8 Å². The predicted octanol–water partition coefficient (Wildman–Crippen LogP) is -0.177. The lowest BCUT2D eigenvalue weighted by Crippen LogP contribution is -2.43. The Hall–Kier alpha value is -0.570. The second-order valence-corrected chi connectivity index (χ2v) is 2.04. The first-order valence-corrected chi connectivity index (χ1v) is 2.74. The summed E-state index contributed by atoms with van der Waals surface area (Å²) in [5, 5.41) is 11.2. The monoisotopic (exact) mass is 115 g/mol. The van der Waals surface area contributed by atoms with E-state index in [0.717, 1.165) is 13.0 Å². The minimum atomic E-state index is -0.706. The number of carboxylic acid groups (broad SMARTS) is 1. The van der Waals surface area contributed by atoms with Gasteiger partial charge in [0, 0.05) is 6.04 Å². The Balaban J connectivity index is 2.09. The fraction of sp³-hybridized carbons (Fsp3) is 0.800. The van der Waals surface area contributed by atoms with Crippen LogP contribution in [0.4, 0.5) is 0 Å². The first-order chi connectivity index (χ1) is 3.79. The summed E-state index contributed by atoms with van der Waals surface area (Å²) in [6.45, 7) is 0.984. The molecule has 1 aliphatic rings. The maximum atomic E-state index is 9.96. The Kier molecular flexibility index (Phi) is 1.48. The van der Waals surface area contributed by atoms with E-state index in [2.05, 4.69) is 5.32 Å². The Bertz CT molecular complexity index is 98.6. The molecule has 1 atom stereocenters. The van der Waals surface area contributed by atoms with E-state index in [-0.39, 0.29) is 12.5 Å². The van der Waals surface area contributed by atoms with Crippen LogP contribution in [0.5, 0.6) is 0 Å². The topological polar surface area (TPSA) is 49.3 Å². The van der Waals surface area contributed by atoms with Crippen molar-refractivity contribution in [1.82, 2.24) is 5.32 Å². The van der Waals surface area contributed by atoms with Crippen molar-refractivity contribution in [2.24, 2.45) is 0 Å². The molecule has 3 nitrogen and oxygen atoms in total. The molecule has 0 aromatic carbocycles. The molecule has 0 spiro atoms. The van der Waals surface area contributed by atoms with Gasteiger partial charge in [-0.2, -0.15) is 0 Å². The van der Waals surface area contributed by atoms with E-state index < -0.39 is 5.97 Å². The Morgan fingerprint density at radius 1 is 1.88 bits per heavy atom. The summed E-state index contributed by atoms with van der Waals surface area (Å²) in [5.41, 5.74) is 0. The molecule has 46 valence electrons. The minimum absolute atomic E-state index is 0.257. The van der Waals surface area contributed by atoms with Crippen LogP contribution in [-0.4, -0.2) is 23.7 Å². The third kappa shape index (κ3) is 1.20. The zero-order valence-electron chi connectivity index (χ0n) is 4.55. The van der Waals surface area contributed by atoms with Crippen molar-refractivity contribution >= 4 is 5.97 Å². The molecule has 0 bridgehead atoms. The highest BCUT2D eigenvalue weighted by molar-refractivity contribution is 5.67. The van der Waals surface area contributed by atoms with Gasteiger partial charge in [-0.25, -0.2) is 0 Å². The molecule has 8 heavy (non-hydrogen) atoms. The van der Waals surface area contributed by atoms with Gasteiger partial charge in [-0.3, -0.25) is 4.79 Å². The highest BCUT2D eigenvalue weighted by atomic mass is 16.4. The van der Waals surface area contributed by atoms with Crippen LogP contribution in [0.3, 0.4) is 0 Å². The van der Waals surface area contributed by atoms with Crippen molar-refractivity contribution in [1.29, 1.82) is 0 Å².